The van der Waals surface area contributed by atoms with Gasteiger partial charge in [-0.15, -0.1) is 12.4 Å². The van der Waals surface area contributed by atoms with E-state index in [4.69, 9.17) is 5.73 Å². The van der Waals surface area contributed by atoms with Crippen LogP contribution in [0.1, 0.15) is 46.5 Å². The van der Waals surface area contributed by atoms with Crippen molar-refractivity contribution in [3.8, 4) is 0 Å². The summed E-state index contributed by atoms with van der Waals surface area (Å²) in [6, 6.07) is -0.840. The van der Waals surface area contributed by atoms with Gasteiger partial charge in [-0.05, 0) is 38.8 Å². The van der Waals surface area contributed by atoms with Crippen LogP contribution in [0.2, 0.25) is 0 Å². The van der Waals surface area contributed by atoms with E-state index in [1.807, 2.05) is 20.8 Å². The van der Waals surface area contributed by atoms with Gasteiger partial charge in [0.25, 0.3) is 0 Å². The third-order valence-corrected chi connectivity index (χ3v) is 5.09. The van der Waals surface area contributed by atoms with Crippen LogP contribution in [0.15, 0.2) is 0 Å². The highest BCUT2D eigenvalue weighted by Crippen LogP contribution is 2.44. The zero-order valence-electron chi connectivity index (χ0n) is 15.5. The Hall–Kier alpha value is -1.18. The molecule has 0 saturated carbocycles. The van der Waals surface area contributed by atoms with Gasteiger partial charge in [-0.25, -0.2) is 0 Å². The molecule has 2 fully saturated rings. The van der Waals surface area contributed by atoms with E-state index < -0.39 is 28.9 Å². The molecule has 2 heterocycles. The summed E-state index contributed by atoms with van der Waals surface area (Å²) < 4.78 is 4.66. The first-order valence-electron chi connectivity index (χ1n) is 8.55. The second-order valence-electron chi connectivity index (χ2n) is 7.97. The molecule has 2 aliphatic rings. The molecule has 2 saturated heterocycles. The van der Waals surface area contributed by atoms with Crippen LogP contribution in [0.3, 0.4) is 0 Å². The molecule has 2 rings (SSSR count). The number of halogens is 1. The lowest BCUT2D eigenvalue weighted by Gasteiger charge is -2.42. The molecule has 2 aliphatic heterocycles. The zero-order valence-corrected chi connectivity index (χ0v) is 16.3. The van der Waals surface area contributed by atoms with Gasteiger partial charge in [0.15, 0.2) is 0 Å². The summed E-state index contributed by atoms with van der Waals surface area (Å²) in [5, 5.41) is 3.28. The highest BCUT2D eigenvalue weighted by Gasteiger charge is 2.55. The molecule has 8 heteroatoms. The van der Waals surface area contributed by atoms with Crippen LogP contribution < -0.4 is 11.1 Å². The molecule has 0 aliphatic carbocycles. The summed E-state index contributed by atoms with van der Waals surface area (Å²) in [7, 11) is 1.28. The predicted octanol–water partition coefficient (Wildman–Crippen LogP) is 0.842. The van der Waals surface area contributed by atoms with E-state index in [-0.39, 0.29) is 30.6 Å². The quantitative estimate of drug-likeness (QED) is 0.709. The smallest absolute Gasteiger partial charge is 0.322 e. The number of nitrogens with zero attached hydrogens (tertiary/aromatic N) is 1. The van der Waals surface area contributed by atoms with Crippen molar-refractivity contribution in [1.29, 1.82) is 0 Å². The topological polar surface area (TPSA) is 102 Å². The van der Waals surface area contributed by atoms with Crippen molar-refractivity contribution in [1.82, 2.24) is 10.2 Å². The fourth-order valence-corrected chi connectivity index (χ4v) is 3.76. The number of likely N-dealkylation sites (tertiary alicyclic amines) is 1. The number of rotatable bonds is 3. The largest absolute Gasteiger partial charge is 0.468 e. The van der Waals surface area contributed by atoms with Crippen LogP contribution in [-0.2, 0) is 19.1 Å². The van der Waals surface area contributed by atoms with Crippen molar-refractivity contribution in [3.63, 3.8) is 0 Å². The van der Waals surface area contributed by atoms with E-state index in [0.717, 1.165) is 25.9 Å². The number of carbonyl (C=O) groups excluding carboxylic acids is 3. The van der Waals surface area contributed by atoms with E-state index in [2.05, 4.69) is 10.1 Å². The maximum absolute atomic E-state index is 13.0. The van der Waals surface area contributed by atoms with Crippen LogP contribution in [0.25, 0.3) is 0 Å². The molecule has 25 heavy (non-hydrogen) atoms. The van der Waals surface area contributed by atoms with Gasteiger partial charge in [0.05, 0.1) is 12.6 Å². The molecule has 0 aromatic heterocycles. The minimum Gasteiger partial charge on any atom is -0.468 e. The van der Waals surface area contributed by atoms with E-state index in [9.17, 15) is 14.4 Å². The second-order valence-corrected chi connectivity index (χ2v) is 7.97. The molecule has 2 amide bonds. The third kappa shape index (κ3) is 4.33. The number of hydrogen-bond acceptors (Lipinski definition) is 6. The van der Waals surface area contributed by atoms with Gasteiger partial charge in [-0.2, -0.15) is 0 Å². The predicted molar refractivity (Wildman–Crippen MR) is 96.1 cm³/mol. The Morgan fingerprint density at radius 1 is 1.36 bits per heavy atom. The third-order valence-electron chi connectivity index (χ3n) is 5.09. The second kappa shape index (κ2) is 8.01. The van der Waals surface area contributed by atoms with Gasteiger partial charge in [0, 0.05) is 11.3 Å². The molecule has 0 unspecified atom stereocenters. The highest BCUT2D eigenvalue weighted by atomic mass is 35.5. The molecular weight excluding hydrogens is 346 g/mol. The summed E-state index contributed by atoms with van der Waals surface area (Å²) in [6.45, 7) is 7.02. The van der Waals surface area contributed by atoms with Gasteiger partial charge >= 0.3 is 5.97 Å². The first-order chi connectivity index (χ1) is 11.1. The molecule has 0 bridgehead atoms. The van der Waals surface area contributed by atoms with Crippen molar-refractivity contribution in [3.05, 3.63) is 0 Å². The number of amides is 2. The molecule has 0 aromatic carbocycles. The van der Waals surface area contributed by atoms with E-state index in [0.29, 0.717) is 6.42 Å². The molecule has 3 N–H and O–H groups in total. The average Bonchev–Trinajstić information content (AvgIpc) is 2.77. The van der Waals surface area contributed by atoms with E-state index in [1.54, 1.807) is 0 Å². The van der Waals surface area contributed by atoms with Crippen LogP contribution >= 0.6 is 12.4 Å². The number of nitrogens with one attached hydrogen (secondary N) is 1. The Kier molecular flexibility index (Phi) is 7.01. The summed E-state index contributed by atoms with van der Waals surface area (Å²) >= 11 is 0. The Bertz CT molecular complexity index is 526. The lowest BCUT2D eigenvalue weighted by atomic mass is 9.81. The Balaban J connectivity index is 0.00000312. The molecule has 0 aromatic rings. The van der Waals surface area contributed by atoms with Crippen molar-refractivity contribution >= 4 is 30.2 Å². The highest BCUT2D eigenvalue weighted by molar-refractivity contribution is 6.01. The van der Waals surface area contributed by atoms with Crippen LogP contribution in [0.4, 0.5) is 0 Å². The fraction of sp³-hybridized carbons (Fsp3) is 0.824. The number of hydrogen-bond donors (Lipinski definition) is 2. The number of ether oxygens (including phenoxy) is 1. The first-order valence-corrected chi connectivity index (χ1v) is 8.55. The van der Waals surface area contributed by atoms with Crippen molar-refractivity contribution in [2.24, 2.45) is 17.1 Å². The SMILES string of the molecule is COC(=O)[C@@H](N)C[C@H]1CC2(CCNCC2)N(C(=O)C(C)(C)C)C1=O.Cl. The monoisotopic (exact) mass is 375 g/mol. The Morgan fingerprint density at radius 3 is 2.40 bits per heavy atom. The molecule has 2 atom stereocenters. The normalized spacial score (nSPS) is 24.0. The van der Waals surface area contributed by atoms with Crippen molar-refractivity contribution < 1.29 is 19.1 Å². The lowest BCUT2D eigenvalue weighted by molar-refractivity contribution is -0.155. The van der Waals surface area contributed by atoms with Gasteiger partial charge in [0.2, 0.25) is 11.8 Å². The maximum Gasteiger partial charge on any atom is 0.322 e. The number of esters is 1. The number of carbonyl (C=O) groups is 3. The van der Waals surface area contributed by atoms with Gasteiger partial charge < -0.3 is 15.8 Å². The summed E-state index contributed by atoms with van der Waals surface area (Å²) in [5.41, 5.74) is 4.77. The number of methoxy groups -OCH3 is 1. The van der Waals surface area contributed by atoms with Gasteiger partial charge in [-0.3, -0.25) is 19.3 Å². The Labute approximate surface area is 155 Å². The minimum absolute atomic E-state index is 0. The number of piperidine rings is 1. The fourth-order valence-electron chi connectivity index (χ4n) is 3.76. The minimum atomic E-state index is -0.840. The summed E-state index contributed by atoms with van der Waals surface area (Å²) in [4.78, 5) is 39.0. The lowest BCUT2D eigenvalue weighted by Crippen LogP contribution is -2.57. The summed E-state index contributed by atoms with van der Waals surface area (Å²) in [5.74, 6) is -1.29. The molecule has 144 valence electrons. The molecule has 7 nitrogen and oxygen atoms in total. The van der Waals surface area contributed by atoms with Crippen LogP contribution in [-0.4, -0.2) is 54.5 Å². The van der Waals surface area contributed by atoms with E-state index >= 15 is 0 Å². The average molecular weight is 376 g/mol. The van der Waals surface area contributed by atoms with Crippen LogP contribution in [0, 0.1) is 11.3 Å². The zero-order chi connectivity index (χ0) is 18.1. The van der Waals surface area contributed by atoms with Gasteiger partial charge in [-0.1, -0.05) is 20.8 Å². The first kappa shape index (κ1) is 21.9. The van der Waals surface area contributed by atoms with Crippen molar-refractivity contribution in [2.45, 2.75) is 58.0 Å². The molecule has 0 radical (unpaired) electrons. The Morgan fingerprint density at radius 2 is 1.92 bits per heavy atom. The van der Waals surface area contributed by atoms with E-state index in [1.165, 1.54) is 12.0 Å². The number of nitrogens with two attached hydrogens (primary N) is 1. The van der Waals surface area contributed by atoms with Gasteiger partial charge in [0.1, 0.15) is 6.04 Å². The van der Waals surface area contributed by atoms with Crippen molar-refractivity contribution in [2.75, 3.05) is 20.2 Å². The molecule has 1 spiro atoms. The molecular formula is C17H30ClN3O4. The summed E-state index contributed by atoms with van der Waals surface area (Å²) in [6.07, 6.45) is 2.27. The standard InChI is InChI=1S/C17H29N3O4.ClH/c1-16(2,3)15(23)20-13(21)11(9-12(18)14(22)24-4)10-17(20)5-7-19-8-6-17;/h11-12,19H,5-10,18H2,1-4H3;1H/t11-,12-;/m0./s1. The maximum atomic E-state index is 13.0. The number of imide groups is 1. The van der Waals surface area contributed by atoms with Crippen LogP contribution in [0.5, 0.6) is 0 Å².